The number of hydrogen-bond donors (Lipinski definition) is 3. The maximum Gasteiger partial charge on any atom is 0.166 e. The first-order chi connectivity index (χ1) is 13.6. The lowest BCUT2D eigenvalue weighted by atomic mass is 10.1. The number of hydrogen-bond acceptors (Lipinski definition) is 8. The average molecular weight is 510 g/mol. The molecular weight excluding hydrogens is 495 g/mol. The van der Waals surface area contributed by atoms with E-state index in [1.807, 2.05) is 24.3 Å². The topological polar surface area (TPSA) is 145 Å². The monoisotopic (exact) mass is 510 g/mol. The molecule has 0 bridgehead atoms. The number of imidazole rings is 1. The van der Waals surface area contributed by atoms with E-state index in [-0.39, 0.29) is 6.54 Å². The van der Waals surface area contributed by atoms with Crippen molar-refractivity contribution in [2.45, 2.75) is 22.8 Å². The van der Waals surface area contributed by atoms with Gasteiger partial charge in [-0.25, -0.2) is 15.0 Å². The molecule has 0 radical (unpaired) electrons. The van der Waals surface area contributed by atoms with Crippen LogP contribution in [0, 0.1) is 3.57 Å². The molecule has 1 aliphatic heterocycles. The van der Waals surface area contributed by atoms with Crippen LogP contribution in [0.2, 0.25) is 0 Å². The molecule has 12 heteroatoms. The van der Waals surface area contributed by atoms with E-state index >= 15 is 0 Å². The quantitative estimate of drug-likeness (QED) is 0.207. The minimum absolute atomic E-state index is 0.0942. The Hall–Kier alpha value is -2.12. The lowest BCUT2D eigenvalue weighted by molar-refractivity contribution is 0.0195. The Labute approximate surface area is 177 Å². The first kappa shape index (κ1) is 19.2. The van der Waals surface area contributed by atoms with Gasteiger partial charge in [-0.15, -0.1) is 11.8 Å². The van der Waals surface area contributed by atoms with Crippen LogP contribution in [0.4, 0.5) is 11.5 Å². The molecule has 3 N–H and O–H groups in total. The largest absolute Gasteiger partial charge is 0.389 e. The van der Waals surface area contributed by atoms with E-state index in [1.54, 1.807) is 10.9 Å². The van der Waals surface area contributed by atoms with Gasteiger partial charge in [0.05, 0.1) is 12.4 Å². The fourth-order valence-corrected chi connectivity index (χ4v) is 5.04. The van der Waals surface area contributed by atoms with Crippen LogP contribution in [-0.2, 0) is 0 Å². The number of benzene rings is 1. The molecule has 0 saturated carbocycles. The van der Waals surface area contributed by atoms with Crippen molar-refractivity contribution in [2.75, 3.05) is 11.9 Å². The second-order valence-corrected chi connectivity index (χ2v) is 8.75. The summed E-state index contributed by atoms with van der Waals surface area (Å²) in [6.45, 7) is 0.0942. The summed E-state index contributed by atoms with van der Waals surface area (Å²) in [5, 5.41) is 26.6. The summed E-state index contributed by atoms with van der Waals surface area (Å²) in [6.07, 6.45) is 0.951. The van der Waals surface area contributed by atoms with Crippen LogP contribution in [0.1, 0.15) is 5.37 Å². The number of halogens is 1. The highest BCUT2D eigenvalue weighted by molar-refractivity contribution is 14.1. The van der Waals surface area contributed by atoms with Gasteiger partial charge in [0.1, 0.15) is 17.8 Å². The summed E-state index contributed by atoms with van der Waals surface area (Å²) in [4.78, 5) is 15.7. The molecule has 2 aromatic heterocycles. The van der Waals surface area contributed by atoms with E-state index in [0.29, 0.717) is 17.0 Å². The van der Waals surface area contributed by atoms with Crippen molar-refractivity contribution in [3.8, 4) is 0 Å². The van der Waals surface area contributed by atoms with Crippen molar-refractivity contribution in [1.82, 2.24) is 19.5 Å². The average Bonchev–Trinajstić information content (AvgIpc) is 3.23. The molecule has 10 nitrogen and oxygen atoms in total. The molecule has 3 heterocycles. The molecule has 28 heavy (non-hydrogen) atoms. The number of rotatable bonds is 5. The lowest BCUT2D eigenvalue weighted by Gasteiger charge is -2.17. The number of anilines is 2. The summed E-state index contributed by atoms with van der Waals surface area (Å²) in [7, 11) is 0. The van der Waals surface area contributed by atoms with E-state index in [1.165, 1.54) is 18.1 Å². The van der Waals surface area contributed by atoms with E-state index in [2.05, 4.69) is 52.9 Å². The molecule has 0 aliphatic carbocycles. The van der Waals surface area contributed by atoms with Gasteiger partial charge >= 0.3 is 0 Å². The standard InChI is InChI=1S/C16H15IN8O2S/c17-8-2-1-3-9(4-8)23-14-11-15(20-6-19-14)25(7-21-11)16-13(27)12(26)10(28-16)5-22-24-18/h1-4,6-7,10,12-13,16,26-27H,5H2,(H,19,20,23)/t10-,12-,13-,16-/m1/s1. The van der Waals surface area contributed by atoms with Crippen LogP contribution in [-0.4, -0.2) is 53.7 Å². The number of aromatic nitrogens is 4. The molecular formula is C16H15IN8O2S. The Kier molecular flexibility index (Phi) is 5.55. The first-order valence-corrected chi connectivity index (χ1v) is 10.3. The highest BCUT2D eigenvalue weighted by Gasteiger charge is 2.43. The normalized spacial score (nSPS) is 24.2. The third-order valence-corrected chi connectivity index (χ3v) is 6.62. The molecule has 144 valence electrons. The van der Waals surface area contributed by atoms with E-state index in [9.17, 15) is 10.2 Å². The second-order valence-electron chi connectivity index (χ2n) is 6.14. The first-order valence-electron chi connectivity index (χ1n) is 8.31. The predicted octanol–water partition coefficient (Wildman–Crippen LogP) is 2.82. The minimum Gasteiger partial charge on any atom is -0.389 e. The SMILES string of the molecule is [N-]=[N+]=NC[C@H]1S[C@@H](n2cnc3c(Nc4cccc(I)c4)ncnc32)[C@H](O)[C@@H]1O. The number of fused-ring (bicyclic) bond motifs is 1. The van der Waals surface area contributed by atoms with Gasteiger partial charge in [0.15, 0.2) is 17.0 Å². The maximum absolute atomic E-state index is 10.5. The molecule has 4 atom stereocenters. The smallest absolute Gasteiger partial charge is 0.166 e. The number of azide groups is 1. The van der Waals surface area contributed by atoms with Gasteiger partial charge in [-0.3, -0.25) is 4.57 Å². The van der Waals surface area contributed by atoms with Gasteiger partial charge in [0, 0.05) is 26.0 Å². The van der Waals surface area contributed by atoms with Gasteiger partial charge in [-0.05, 0) is 46.3 Å². The predicted molar refractivity (Wildman–Crippen MR) is 114 cm³/mol. The van der Waals surface area contributed by atoms with Crippen molar-refractivity contribution in [3.05, 3.63) is 50.9 Å². The molecule has 3 aromatic rings. The third kappa shape index (κ3) is 3.61. The van der Waals surface area contributed by atoms with Crippen molar-refractivity contribution >= 4 is 57.0 Å². The van der Waals surface area contributed by atoms with Crippen molar-refractivity contribution < 1.29 is 10.2 Å². The second kappa shape index (κ2) is 8.09. The summed E-state index contributed by atoms with van der Waals surface area (Å²) in [6, 6.07) is 7.85. The van der Waals surface area contributed by atoms with Crippen molar-refractivity contribution in [1.29, 1.82) is 0 Å². The van der Waals surface area contributed by atoms with Crippen LogP contribution in [0.15, 0.2) is 42.0 Å². The van der Waals surface area contributed by atoms with Gasteiger partial charge in [0.2, 0.25) is 0 Å². The molecule has 1 aromatic carbocycles. The van der Waals surface area contributed by atoms with Crippen LogP contribution >= 0.6 is 34.4 Å². The van der Waals surface area contributed by atoms with E-state index < -0.39 is 22.8 Å². The number of nitrogens with zero attached hydrogens (tertiary/aromatic N) is 7. The fourth-order valence-electron chi connectivity index (χ4n) is 3.06. The van der Waals surface area contributed by atoms with Crippen LogP contribution < -0.4 is 5.32 Å². The third-order valence-electron chi connectivity index (χ3n) is 4.38. The summed E-state index contributed by atoms with van der Waals surface area (Å²) in [5.74, 6) is 0.550. The molecule has 0 amide bonds. The fraction of sp³-hybridized carbons (Fsp3) is 0.312. The molecule has 1 fully saturated rings. The van der Waals surface area contributed by atoms with Crippen LogP contribution in [0.5, 0.6) is 0 Å². The highest BCUT2D eigenvalue weighted by Crippen LogP contribution is 2.43. The van der Waals surface area contributed by atoms with E-state index in [4.69, 9.17) is 5.53 Å². The van der Waals surface area contributed by atoms with Gasteiger partial charge in [0.25, 0.3) is 0 Å². The van der Waals surface area contributed by atoms with E-state index in [0.717, 1.165) is 9.26 Å². The number of thioether (sulfide) groups is 1. The summed E-state index contributed by atoms with van der Waals surface area (Å²) in [5.41, 5.74) is 10.5. The Morgan fingerprint density at radius 2 is 2.14 bits per heavy atom. The Balaban J connectivity index is 1.66. The zero-order valence-electron chi connectivity index (χ0n) is 14.3. The van der Waals surface area contributed by atoms with Gasteiger partial charge < -0.3 is 15.5 Å². The molecule has 1 aliphatic rings. The van der Waals surface area contributed by atoms with Crippen molar-refractivity contribution in [3.63, 3.8) is 0 Å². The zero-order valence-corrected chi connectivity index (χ0v) is 17.3. The van der Waals surface area contributed by atoms with Gasteiger partial charge in [-0.2, -0.15) is 0 Å². The Bertz CT molecular complexity index is 1060. The molecule has 1 saturated heterocycles. The molecule has 0 spiro atoms. The van der Waals surface area contributed by atoms with Gasteiger partial charge in [-0.1, -0.05) is 11.2 Å². The number of nitrogens with one attached hydrogen (secondary N) is 1. The number of aliphatic hydroxyl groups excluding tert-OH is 2. The van der Waals surface area contributed by atoms with Crippen molar-refractivity contribution in [2.24, 2.45) is 5.11 Å². The highest BCUT2D eigenvalue weighted by atomic mass is 127. The summed E-state index contributed by atoms with van der Waals surface area (Å²) < 4.78 is 2.80. The molecule has 4 rings (SSSR count). The maximum atomic E-state index is 10.5. The number of aliphatic hydroxyl groups is 2. The Morgan fingerprint density at radius 3 is 2.93 bits per heavy atom. The Morgan fingerprint density at radius 1 is 1.29 bits per heavy atom. The lowest BCUT2D eigenvalue weighted by Crippen LogP contribution is -2.32. The van der Waals surface area contributed by atoms with Crippen LogP contribution in [0.25, 0.3) is 21.6 Å². The van der Waals surface area contributed by atoms with Crippen LogP contribution in [0.3, 0.4) is 0 Å². The molecule has 0 unspecified atom stereocenters. The zero-order chi connectivity index (χ0) is 19.7. The minimum atomic E-state index is -1.04. The summed E-state index contributed by atoms with van der Waals surface area (Å²) >= 11 is 3.56.